The fourth-order valence-electron chi connectivity index (χ4n) is 3.63. The van der Waals surface area contributed by atoms with Crippen LogP contribution in [0.4, 0.5) is 0 Å². The normalized spacial score (nSPS) is 29.3. The second kappa shape index (κ2) is 5.41. The average molecular weight is 267 g/mol. The molecule has 1 heterocycles. The fraction of sp³-hybridized carbons (Fsp3) is 0.933. The summed E-state index contributed by atoms with van der Waals surface area (Å²) in [5.41, 5.74) is 0.0807. The van der Waals surface area contributed by atoms with Crippen LogP contribution in [-0.4, -0.2) is 62.0 Å². The molecule has 1 saturated heterocycles. The van der Waals surface area contributed by atoms with E-state index in [1.54, 1.807) is 0 Å². The smallest absolute Gasteiger partial charge is 0.229 e. The largest absolute Gasteiger partial charge is 0.343 e. The van der Waals surface area contributed by atoms with Crippen LogP contribution in [0, 0.1) is 5.41 Å². The first-order chi connectivity index (χ1) is 8.96. The molecule has 0 aromatic rings. The molecule has 4 heteroatoms. The van der Waals surface area contributed by atoms with Gasteiger partial charge in [0.2, 0.25) is 5.91 Å². The maximum absolute atomic E-state index is 12.8. The summed E-state index contributed by atoms with van der Waals surface area (Å²) < 4.78 is 0. The van der Waals surface area contributed by atoms with Gasteiger partial charge in [-0.2, -0.15) is 0 Å². The number of amides is 1. The Hall–Kier alpha value is -0.610. The number of hydrogen-bond acceptors (Lipinski definition) is 3. The SMILES string of the molecule is CCC1(C(=O)N(C)CC2(N(C)C)CCC2)CCNC1. The summed E-state index contributed by atoms with van der Waals surface area (Å²) in [5, 5.41) is 3.36. The van der Waals surface area contributed by atoms with Gasteiger partial charge in [0.25, 0.3) is 0 Å². The van der Waals surface area contributed by atoms with Crippen molar-refractivity contribution in [2.45, 2.75) is 44.6 Å². The van der Waals surface area contributed by atoms with Crippen molar-refractivity contribution >= 4 is 5.91 Å². The van der Waals surface area contributed by atoms with Gasteiger partial charge >= 0.3 is 0 Å². The third-order valence-electron chi connectivity index (χ3n) is 5.49. The van der Waals surface area contributed by atoms with E-state index in [2.05, 4.69) is 31.2 Å². The van der Waals surface area contributed by atoms with E-state index in [0.717, 1.165) is 32.5 Å². The van der Waals surface area contributed by atoms with Crippen molar-refractivity contribution in [1.29, 1.82) is 0 Å². The first-order valence-electron chi connectivity index (χ1n) is 7.59. The number of nitrogens with one attached hydrogen (secondary N) is 1. The molecule has 1 atom stereocenters. The van der Waals surface area contributed by atoms with E-state index < -0.39 is 0 Å². The van der Waals surface area contributed by atoms with Gasteiger partial charge in [-0.25, -0.2) is 0 Å². The Balaban J connectivity index is 2.03. The monoisotopic (exact) mass is 267 g/mol. The Labute approximate surface area is 117 Å². The molecule has 0 bridgehead atoms. The lowest BCUT2D eigenvalue weighted by Crippen LogP contribution is -2.59. The Morgan fingerprint density at radius 2 is 1.89 bits per heavy atom. The van der Waals surface area contributed by atoms with Crippen molar-refractivity contribution in [1.82, 2.24) is 15.1 Å². The van der Waals surface area contributed by atoms with E-state index in [1.807, 2.05) is 11.9 Å². The molecule has 2 aliphatic rings. The molecule has 0 spiro atoms. The van der Waals surface area contributed by atoms with E-state index in [-0.39, 0.29) is 11.0 Å². The minimum Gasteiger partial charge on any atom is -0.343 e. The molecule has 4 nitrogen and oxygen atoms in total. The zero-order chi connectivity index (χ0) is 14.1. The van der Waals surface area contributed by atoms with Crippen LogP contribution in [0.5, 0.6) is 0 Å². The molecule has 0 radical (unpaired) electrons. The van der Waals surface area contributed by atoms with Crippen LogP contribution < -0.4 is 5.32 Å². The van der Waals surface area contributed by atoms with Crippen molar-refractivity contribution in [2.24, 2.45) is 5.41 Å². The zero-order valence-electron chi connectivity index (χ0n) is 13.0. The van der Waals surface area contributed by atoms with Gasteiger partial charge in [0.15, 0.2) is 0 Å². The third kappa shape index (κ3) is 2.52. The minimum absolute atomic E-state index is 0.147. The summed E-state index contributed by atoms with van der Waals surface area (Å²) in [6.07, 6.45) is 5.66. The van der Waals surface area contributed by atoms with Crippen molar-refractivity contribution < 1.29 is 4.79 Å². The molecule has 1 amide bonds. The topological polar surface area (TPSA) is 35.6 Å². The number of hydrogen-bond donors (Lipinski definition) is 1. The summed E-state index contributed by atoms with van der Waals surface area (Å²) in [7, 11) is 6.27. The van der Waals surface area contributed by atoms with Crippen LogP contribution in [0.1, 0.15) is 39.0 Å². The van der Waals surface area contributed by atoms with Crippen LogP contribution in [0.3, 0.4) is 0 Å². The van der Waals surface area contributed by atoms with Crippen LogP contribution in [0.2, 0.25) is 0 Å². The first kappa shape index (κ1) is 14.8. The number of carbonyl (C=O) groups is 1. The van der Waals surface area contributed by atoms with Gasteiger partial charge in [-0.15, -0.1) is 0 Å². The van der Waals surface area contributed by atoms with Gasteiger partial charge in [0, 0.05) is 25.7 Å². The van der Waals surface area contributed by atoms with Crippen LogP contribution >= 0.6 is 0 Å². The highest BCUT2D eigenvalue weighted by molar-refractivity contribution is 5.83. The number of likely N-dealkylation sites (N-methyl/N-ethyl adjacent to an activating group) is 2. The van der Waals surface area contributed by atoms with Gasteiger partial charge in [-0.05, 0) is 52.7 Å². The standard InChI is InChI=1S/C15H29N3O/c1-5-14(9-10-16-11-14)13(19)18(4)12-15(17(2)3)7-6-8-15/h16H,5-12H2,1-4H3. The molecule has 0 aromatic carbocycles. The molecule has 2 rings (SSSR count). The number of rotatable bonds is 5. The minimum atomic E-state index is -0.147. The summed E-state index contributed by atoms with van der Waals surface area (Å²) in [6.45, 7) is 4.85. The maximum atomic E-state index is 12.8. The second-order valence-corrected chi connectivity index (χ2v) is 6.69. The number of carbonyl (C=O) groups excluding carboxylic acids is 1. The lowest BCUT2D eigenvalue weighted by molar-refractivity contribution is -0.142. The molecule has 0 aromatic heterocycles. The highest BCUT2D eigenvalue weighted by Crippen LogP contribution is 2.38. The van der Waals surface area contributed by atoms with Crippen molar-refractivity contribution in [3.05, 3.63) is 0 Å². The molecule has 1 aliphatic heterocycles. The molecule has 2 fully saturated rings. The molecular formula is C15H29N3O. The van der Waals surface area contributed by atoms with E-state index in [1.165, 1.54) is 19.3 Å². The second-order valence-electron chi connectivity index (χ2n) is 6.69. The molecule has 19 heavy (non-hydrogen) atoms. The summed E-state index contributed by atoms with van der Waals surface area (Å²) in [5.74, 6) is 0.341. The molecule has 1 unspecified atom stereocenters. The van der Waals surface area contributed by atoms with E-state index in [0.29, 0.717) is 5.91 Å². The van der Waals surface area contributed by atoms with E-state index in [9.17, 15) is 4.79 Å². The van der Waals surface area contributed by atoms with Gasteiger partial charge in [-0.1, -0.05) is 6.92 Å². The predicted octanol–water partition coefficient (Wildman–Crippen LogP) is 1.32. The van der Waals surface area contributed by atoms with Crippen molar-refractivity contribution in [3.8, 4) is 0 Å². The highest BCUT2D eigenvalue weighted by atomic mass is 16.2. The van der Waals surface area contributed by atoms with Crippen LogP contribution in [-0.2, 0) is 4.79 Å². The number of nitrogens with zero attached hydrogens (tertiary/aromatic N) is 2. The van der Waals surface area contributed by atoms with Gasteiger partial charge in [-0.3, -0.25) is 4.79 Å². The molecule has 1 N–H and O–H groups in total. The predicted molar refractivity (Wildman–Crippen MR) is 78.1 cm³/mol. The molecule has 1 aliphatic carbocycles. The van der Waals surface area contributed by atoms with Crippen molar-refractivity contribution in [2.75, 3.05) is 40.8 Å². The Kier molecular flexibility index (Phi) is 4.21. The van der Waals surface area contributed by atoms with Crippen LogP contribution in [0.25, 0.3) is 0 Å². The Morgan fingerprint density at radius 1 is 1.21 bits per heavy atom. The Bertz CT molecular complexity index is 330. The molecular weight excluding hydrogens is 238 g/mol. The first-order valence-corrected chi connectivity index (χ1v) is 7.59. The van der Waals surface area contributed by atoms with E-state index >= 15 is 0 Å². The van der Waals surface area contributed by atoms with Crippen molar-refractivity contribution in [3.63, 3.8) is 0 Å². The van der Waals surface area contributed by atoms with E-state index in [4.69, 9.17) is 0 Å². The average Bonchev–Trinajstić information content (AvgIpc) is 2.81. The fourth-order valence-corrected chi connectivity index (χ4v) is 3.63. The lowest BCUT2D eigenvalue weighted by atomic mass is 9.74. The lowest BCUT2D eigenvalue weighted by Gasteiger charge is -2.50. The highest BCUT2D eigenvalue weighted by Gasteiger charge is 2.45. The maximum Gasteiger partial charge on any atom is 0.229 e. The summed E-state index contributed by atoms with van der Waals surface area (Å²) >= 11 is 0. The zero-order valence-corrected chi connectivity index (χ0v) is 13.0. The third-order valence-corrected chi connectivity index (χ3v) is 5.49. The van der Waals surface area contributed by atoms with Gasteiger partial charge < -0.3 is 15.1 Å². The molecule has 110 valence electrons. The summed E-state index contributed by atoms with van der Waals surface area (Å²) in [6, 6.07) is 0. The summed E-state index contributed by atoms with van der Waals surface area (Å²) in [4.78, 5) is 17.1. The van der Waals surface area contributed by atoms with Gasteiger partial charge in [0.1, 0.15) is 0 Å². The van der Waals surface area contributed by atoms with Gasteiger partial charge in [0.05, 0.1) is 5.41 Å². The Morgan fingerprint density at radius 3 is 2.26 bits per heavy atom. The quantitative estimate of drug-likeness (QED) is 0.816. The van der Waals surface area contributed by atoms with Crippen LogP contribution in [0.15, 0.2) is 0 Å². The molecule has 1 saturated carbocycles.